The van der Waals surface area contributed by atoms with Crippen molar-refractivity contribution in [3.63, 3.8) is 0 Å². The van der Waals surface area contributed by atoms with Crippen molar-refractivity contribution in [1.82, 2.24) is 0 Å². The van der Waals surface area contributed by atoms with Gasteiger partial charge in [0.15, 0.2) is 0 Å². The fourth-order valence-electron chi connectivity index (χ4n) is 1.85. The van der Waals surface area contributed by atoms with Crippen LogP contribution >= 0.6 is 11.6 Å². The molecule has 1 N–H and O–H groups in total. The minimum Gasteiger partial charge on any atom is -0.284 e. The van der Waals surface area contributed by atoms with Gasteiger partial charge in [0.1, 0.15) is 0 Å². The number of nitrogens with one attached hydrogen (secondary N) is 1. The number of sulfonamides is 1. The quantitative estimate of drug-likeness (QED) is 0.815. The Bertz CT molecular complexity index is 506. The molecule has 0 saturated carbocycles. The molecular weight excluding hydrogens is 282 g/mol. The van der Waals surface area contributed by atoms with Crippen LogP contribution in [0.3, 0.4) is 0 Å². The first kappa shape index (κ1) is 16.3. The smallest absolute Gasteiger partial charge is 0.233 e. The van der Waals surface area contributed by atoms with Gasteiger partial charge in [0, 0.05) is 11.6 Å². The van der Waals surface area contributed by atoms with Crippen LogP contribution in [-0.2, 0) is 16.4 Å². The average molecular weight is 304 g/mol. The third-order valence-corrected chi connectivity index (χ3v) is 4.48. The van der Waals surface area contributed by atoms with E-state index in [4.69, 9.17) is 11.6 Å². The maximum absolute atomic E-state index is 12.0. The van der Waals surface area contributed by atoms with Gasteiger partial charge in [0.2, 0.25) is 10.0 Å². The Labute approximate surface area is 121 Å². The zero-order valence-electron chi connectivity index (χ0n) is 11.7. The third-order valence-electron chi connectivity index (χ3n) is 2.42. The molecule has 0 aliphatic heterocycles. The fraction of sp³-hybridized carbons (Fsp3) is 0.571. The first-order chi connectivity index (χ1) is 8.72. The monoisotopic (exact) mass is 303 g/mol. The van der Waals surface area contributed by atoms with Crippen LogP contribution in [-0.4, -0.2) is 20.1 Å². The molecule has 0 aliphatic rings. The summed E-state index contributed by atoms with van der Waals surface area (Å²) in [6, 6.07) is 7.48. The van der Waals surface area contributed by atoms with E-state index < -0.39 is 10.0 Å². The predicted octanol–water partition coefficient (Wildman–Crippen LogP) is 3.65. The molecular formula is C14H22ClNO2S. The van der Waals surface area contributed by atoms with E-state index in [1.54, 1.807) is 6.07 Å². The molecule has 0 bridgehead atoms. The number of alkyl halides is 1. The molecule has 1 aromatic carbocycles. The highest BCUT2D eigenvalue weighted by Crippen LogP contribution is 2.19. The van der Waals surface area contributed by atoms with Crippen LogP contribution < -0.4 is 4.72 Å². The van der Waals surface area contributed by atoms with E-state index in [9.17, 15) is 8.42 Å². The number of rotatable bonds is 6. The summed E-state index contributed by atoms with van der Waals surface area (Å²) in [7, 11) is -3.31. The Morgan fingerprint density at radius 2 is 1.95 bits per heavy atom. The van der Waals surface area contributed by atoms with Gasteiger partial charge in [0.05, 0.1) is 5.75 Å². The van der Waals surface area contributed by atoms with Crippen molar-refractivity contribution < 1.29 is 8.42 Å². The van der Waals surface area contributed by atoms with Gasteiger partial charge in [-0.15, -0.1) is 11.6 Å². The molecule has 5 heteroatoms. The molecule has 108 valence electrons. The Morgan fingerprint density at radius 3 is 2.53 bits per heavy atom. The van der Waals surface area contributed by atoms with Crippen LogP contribution in [0.5, 0.6) is 0 Å². The zero-order chi connectivity index (χ0) is 14.5. The van der Waals surface area contributed by atoms with Crippen molar-refractivity contribution in [3.05, 3.63) is 29.8 Å². The average Bonchev–Trinajstić information content (AvgIpc) is 2.22. The number of halogens is 1. The van der Waals surface area contributed by atoms with Gasteiger partial charge in [-0.3, -0.25) is 4.72 Å². The highest BCUT2D eigenvalue weighted by atomic mass is 35.5. The van der Waals surface area contributed by atoms with Crippen LogP contribution in [0, 0.1) is 5.41 Å². The predicted molar refractivity (Wildman–Crippen MR) is 82.3 cm³/mol. The Hall–Kier alpha value is -0.740. The van der Waals surface area contributed by atoms with Crippen LogP contribution in [0.4, 0.5) is 5.69 Å². The largest absolute Gasteiger partial charge is 0.284 e. The maximum atomic E-state index is 12.0. The minimum absolute atomic E-state index is 0.103. The number of aryl methyl sites for hydroxylation is 1. The molecule has 0 spiro atoms. The van der Waals surface area contributed by atoms with Crippen molar-refractivity contribution in [2.45, 2.75) is 33.6 Å². The van der Waals surface area contributed by atoms with Crippen LogP contribution in [0.1, 0.15) is 32.8 Å². The van der Waals surface area contributed by atoms with E-state index in [0.717, 1.165) is 18.4 Å². The molecule has 0 radical (unpaired) electrons. The van der Waals surface area contributed by atoms with Gasteiger partial charge in [-0.2, -0.15) is 0 Å². The summed E-state index contributed by atoms with van der Waals surface area (Å²) in [4.78, 5) is 0. The van der Waals surface area contributed by atoms with Crippen LogP contribution in [0.2, 0.25) is 0 Å². The van der Waals surface area contributed by atoms with Gasteiger partial charge in [-0.25, -0.2) is 8.42 Å². The van der Waals surface area contributed by atoms with E-state index in [0.29, 0.717) is 11.6 Å². The fourth-order valence-corrected chi connectivity index (χ4v) is 3.68. The number of hydrogen-bond donors (Lipinski definition) is 1. The second-order valence-corrected chi connectivity index (χ2v) is 8.01. The summed E-state index contributed by atoms with van der Waals surface area (Å²) in [5, 5.41) is 0. The molecule has 0 aliphatic carbocycles. The number of benzene rings is 1. The second-order valence-electron chi connectivity index (χ2n) is 5.91. The van der Waals surface area contributed by atoms with Crippen molar-refractivity contribution in [3.8, 4) is 0 Å². The summed E-state index contributed by atoms with van der Waals surface area (Å²) in [6.07, 6.45) is 1.75. The topological polar surface area (TPSA) is 46.2 Å². The van der Waals surface area contributed by atoms with Crippen molar-refractivity contribution in [2.24, 2.45) is 5.41 Å². The Morgan fingerprint density at radius 1 is 1.26 bits per heavy atom. The van der Waals surface area contributed by atoms with Crippen LogP contribution in [0.15, 0.2) is 24.3 Å². The first-order valence-electron chi connectivity index (χ1n) is 6.37. The molecule has 0 amide bonds. The van der Waals surface area contributed by atoms with E-state index in [-0.39, 0.29) is 11.2 Å². The summed E-state index contributed by atoms with van der Waals surface area (Å²) < 4.78 is 26.6. The van der Waals surface area contributed by atoms with Gasteiger partial charge in [0.25, 0.3) is 0 Å². The Balaban J connectivity index is 2.76. The summed E-state index contributed by atoms with van der Waals surface area (Å²) >= 11 is 5.66. The van der Waals surface area contributed by atoms with Gasteiger partial charge >= 0.3 is 0 Å². The molecule has 0 unspecified atom stereocenters. The Kier molecular flexibility index (Phi) is 5.68. The lowest BCUT2D eigenvalue weighted by molar-refractivity contribution is 0.463. The zero-order valence-corrected chi connectivity index (χ0v) is 13.3. The van der Waals surface area contributed by atoms with Gasteiger partial charge in [-0.1, -0.05) is 32.9 Å². The summed E-state index contributed by atoms with van der Waals surface area (Å²) in [6.45, 7) is 5.72. The van der Waals surface area contributed by atoms with Crippen molar-refractivity contribution >= 4 is 27.3 Å². The highest BCUT2D eigenvalue weighted by molar-refractivity contribution is 7.92. The summed E-state index contributed by atoms with van der Waals surface area (Å²) in [5.74, 6) is 0.714. The van der Waals surface area contributed by atoms with Crippen molar-refractivity contribution in [1.29, 1.82) is 0 Å². The van der Waals surface area contributed by atoms with Gasteiger partial charge in [-0.05, 0) is 36.0 Å². The second kappa shape index (κ2) is 6.62. The molecule has 0 saturated heterocycles. The third kappa shape index (κ3) is 6.83. The minimum atomic E-state index is -3.31. The molecule has 1 rings (SSSR count). The van der Waals surface area contributed by atoms with Crippen LogP contribution in [0.25, 0.3) is 0 Å². The number of anilines is 1. The highest BCUT2D eigenvalue weighted by Gasteiger charge is 2.21. The molecule has 3 nitrogen and oxygen atoms in total. The molecule has 1 aromatic rings. The SMILES string of the molecule is CC(C)(C)CS(=O)(=O)Nc1cccc(CCCCl)c1. The molecule has 0 fully saturated rings. The molecule has 19 heavy (non-hydrogen) atoms. The lowest BCUT2D eigenvalue weighted by Crippen LogP contribution is -2.26. The standard InChI is InChI=1S/C14H22ClNO2S/c1-14(2,3)11-19(17,18)16-13-8-4-6-12(10-13)7-5-9-15/h4,6,8,10,16H,5,7,9,11H2,1-3H3. The van der Waals surface area contributed by atoms with E-state index in [1.165, 1.54) is 0 Å². The van der Waals surface area contributed by atoms with E-state index in [1.807, 2.05) is 39.0 Å². The van der Waals surface area contributed by atoms with E-state index in [2.05, 4.69) is 4.72 Å². The lowest BCUT2D eigenvalue weighted by Gasteiger charge is -2.19. The molecule has 0 atom stereocenters. The van der Waals surface area contributed by atoms with Crippen molar-refractivity contribution in [2.75, 3.05) is 16.4 Å². The lowest BCUT2D eigenvalue weighted by atomic mass is 10.0. The van der Waals surface area contributed by atoms with E-state index >= 15 is 0 Å². The first-order valence-corrected chi connectivity index (χ1v) is 8.56. The summed E-state index contributed by atoms with van der Waals surface area (Å²) in [5.41, 5.74) is 1.45. The molecule has 0 aromatic heterocycles. The normalized spacial score (nSPS) is 12.4. The molecule has 0 heterocycles. The van der Waals surface area contributed by atoms with Gasteiger partial charge < -0.3 is 0 Å². The maximum Gasteiger partial charge on any atom is 0.233 e. The number of hydrogen-bond acceptors (Lipinski definition) is 2.